The predicted octanol–water partition coefficient (Wildman–Crippen LogP) is 1.40. The van der Waals surface area contributed by atoms with E-state index in [-0.39, 0.29) is 18.6 Å². The van der Waals surface area contributed by atoms with Crippen LogP contribution in [0.1, 0.15) is 12.8 Å². The van der Waals surface area contributed by atoms with E-state index in [1.807, 2.05) is 0 Å². The molecule has 0 aromatic carbocycles. The smallest absolute Gasteiger partial charge is 0.244 e. The normalized spacial score (nSPS) is 18.2. The molecule has 8 heteroatoms. The minimum Gasteiger partial charge on any atom is -0.487 e. The van der Waals surface area contributed by atoms with Crippen molar-refractivity contribution < 1.29 is 9.53 Å². The molecule has 0 N–H and O–H groups in total. The Hall–Kier alpha value is -2.15. The Morgan fingerprint density at radius 2 is 2.36 bits per heavy atom. The zero-order valence-corrected chi connectivity index (χ0v) is 12.7. The Kier molecular flexibility index (Phi) is 4.53. The topological polar surface area (TPSA) is 73.1 Å². The first-order valence-corrected chi connectivity index (χ1v) is 7.46. The number of piperidine rings is 1. The molecule has 1 aliphatic rings. The fourth-order valence-corrected chi connectivity index (χ4v) is 2.62. The Morgan fingerprint density at radius 1 is 1.45 bits per heavy atom. The van der Waals surface area contributed by atoms with Crippen molar-refractivity contribution in [3.05, 3.63) is 36.1 Å². The maximum absolute atomic E-state index is 12.3. The zero-order valence-electron chi connectivity index (χ0n) is 11.9. The molecular weight excluding hydrogens is 306 g/mol. The van der Waals surface area contributed by atoms with Gasteiger partial charge in [-0.3, -0.25) is 9.78 Å². The first kappa shape index (κ1) is 14.8. The highest BCUT2D eigenvalue weighted by Crippen LogP contribution is 2.25. The van der Waals surface area contributed by atoms with Crippen LogP contribution in [-0.2, 0) is 11.3 Å². The summed E-state index contributed by atoms with van der Waals surface area (Å²) in [7, 11) is 0. The molecule has 0 spiro atoms. The number of likely N-dealkylation sites (tertiary alicyclic amines) is 1. The number of pyridine rings is 1. The second-order valence-electron chi connectivity index (χ2n) is 5.12. The Labute approximate surface area is 132 Å². The van der Waals surface area contributed by atoms with Crippen molar-refractivity contribution in [3.63, 3.8) is 0 Å². The second-order valence-corrected chi connectivity index (χ2v) is 5.53. The Bertz CT molecular complexity index is 634. The van der Waals surface area contributed by atoms with Crippen molar-refractivity contribution in [1.82, 2.24) is 24.6 Å². The summed E-state index contributed by atoms with van der Waals surface area (Å²) in [5.41, 5.74) is 0. The minimum absolute atomic E-state index is 0.0135. The van der Waals surface area contributed by atoms with Crippen molar-refractivity contribution in [1.29, 1.82) is 0 Å². The average molecular weight is 322 g/mol. The molecule has 3 heterocycles. The molecule has 1 aliphatic heterocycles. The summed E-state index contributed by atoms with van der Waals surface area (Å²) in [6, 6.07) is 1.73. The molecule has 2 aromatic rings. The Morgan fingerprint density at radius 3 is 3.14 bits per heavy atom. The maximum Gasteiger partial charge on any atom is 0.244 e. The number of hydrogen-bond donors (Lipinski definition) is 0. The number of nitrogens with zero attached hydrogens (tertiary/aromatic N) is 5. The van der Waals surface area contributed by atoms with Gasteiger partial charge in [-0.1, -0.05) is 11.6 Å². The van der Waals surface area contributed by atoms with Gasteiger partial charge >= 0.3 is 0 Å². The summed E-state index contributed by atoms with van der Waals surface area (Å²) in [6.45, 7) is 1.48. The molecule has 1 atom stereocenters. The lowest BCUT2D eigenvalue weighted by molar-refractivity contribution is -0.134. The van der Waals surface area contributed by atoms with E-state index in [4.69, 9.17) is 16.3 Å². The molecule has 3 rings (SSSR count). The van der Waals surface area contributed by atoms with Crippen molar-refractivity contribution in [2.24, 2.45) is 0 Å². The van der Waals surface area contributed by atoms with E-state index in [1.165, 1.54) is 17.3 Å². The van der Waals surface area contributed by atoms with Gasteiger partial charge in [-0.15, -0.1) is 0 Å². The van der Waals surface area contributed by atoms with E-state index in [0.29, 0.717) is 17.3 Å². The van der Waals surface area contributed by atoms with Gasteiger partial charge in [0.2, 0.25) is 5.91 Å². The summed E-state index contributed by atoms with van der Waals surface area (Å²) in [4.78, 5) is 21.8. The van der Waals surface area contributed by atoms with Gasteiger partial charge in [-0.2, -0.15) is 5.10 Å². The van der Waals surface area contributed by atoms with Crippen LogP contribution in [0, 0.1) is 0 Å². The van der Waals surface area contributed by atoms with Gasteiger partial charge in [0.05, 0.1) is 6.54 Å². The molecule has 2 aromatic heterocycles. The predicted molar refractivity (Wildman–Crippen MR) is 79.5 cm³/mol. The molecule has 7 nitrogen and oxygen atoms in total. The van der Waals surface area contributed by atoms with Crippen molar-refractivity contribution >= 4 is 17.5 Å². The lowest BCUT2D eigenvalue weighted by atomic mass is 10.1. The summed E-state index contributed by atoms with van der Waals surface area (Å²) in [5.74, 6) is 0.617. The number of hydrogen-bond acceptors (Lipinski definition) is 5. The fraction of sp³-hybridized carbons (Fsp3) is 0.429. The highest BCUT2D eigenvalue weighted by atomic mass is 35.5. The van der Waals surface area contributed by atoms with Crippen LogP contribution in [0.2, 0.25) is 5.02 Å². The van der Waals surface area contributed by atoms with Gasteiger partial charge in [-0.05, 0) is 12.8 Å². The third-order valence-corrected chi connectivity index (χ3v) is 3.81. The van der Waals surface area contributed by atoms with E-state index in [1.54, 1.807) is 23.4 Å². The number of carbonyl (C=O) groups is 1. The molecule has 0 radical (unpaired) electrons. The van der Waals surface area contributed by atoms with E-state index in [9.17, 15) is 4.79 Å². The van der Waals surface area contributed by atoms with Gasteiger partial charge < -0.3 is 9.64 Å². The number of halogens is 1. The molecule has 22 heavy (non-hydrogen) atoms. The maximum atomic E-state index is 12.3. The fourth-order valence-electron chi connectivity index (χ4n) is 2.45. The van der Waals surface area contributed by atoms with Crippen LogP contribution in [-0.4, -0.2) is 49.7 Å². The van der Waals surface area contributed by atoms with Crippen LogP contribution in [0.15, 0.2) is 31.1 Å². The third-order valence-electron chi connectivity index (χ3n) is 3.52. The monoisotopic (exact) mass is 321 g/mol. The van der Waals surface area contributed by atoms with E-state index < -0.39 is 0 Å². The van der Waals surface area contributed by atoms with Gasteiger partial charge in [-0.25, -0.2) is 9.67 Å². The summed E-state index contributed by atoms with van der Waals surface area (Å²) in [5, 5.41) is 4.43. The quantitative estimate of drug-likeness (QED) is 0.851. The largest absolute Gasteiger partial charge is 0.487 e. The molecule has 1 saturated heterocycles. The SMILES string of the molecule is O=C(Cn1cncn1)N1CCCC(Oc2ccncc2Cl)C1. The Balaban J connectivity index is 1.59. The van der Waals surface area contributed by atoms with E-state index in [0.717, 1.165) is 19.4 Å². The lowest BCUT2D eigenvalue weighted by Crippen LogP contribution is -2.45. The van der Waals surface area contributed by atoms with E-state index in [2.05, 4.69) is 15.1 Å². The first-order chi connectivity index (χ1) is 10.7. The van der Waals surface area contributed by atoms with Crippen LogP contribution in [0.3, 0.4) is 0 Å². The number of ether oxygens (including phenoxy) is 1. The van der Waals surface area contributed by atoms with Crippen LogP contribution >= 0.6 is 11.6 Å². The average Bonchev–Trinajstić information content (AvgIpc) is 3.03. The van der Waals surface area contributed by atoms with Crippen LogP contribution in [0.25, 0.3) is 0 Å². The molecule has 0 aliphatic carbocycles. The third kappa shape index (κ3) is 3.54. The van der Waals surface area contributed by atoms with Crippen molar-refractivity contribution in [3.8, 4) is 5.75 Å². The summed E-state index contributed by atoms with van der Waals surface area (Å²) >= 11 is 6.05. The lowest BCUT2D eigenvalue weighted by Gasteiger charge is -2.33. The molecule has 1 amide bonds. The van der Waals surface area contributed by atoms with Crippen LogP contribution < -0.4 is 4.74 Å². The molecule has 0 saturated carbocycles. The molecule has 1 fully saturated rings. The van der Waals surface area contributed by atoms with Gasteiger partial charge in [0, 0.05) is 25.0 Å². The number of aromatic nitrogens is 4. The number of carbonyl (C=O) groups excluding carboxylic acids is 1. The zero-order chi connectivity index (χ0) is 15.4. The summed E-state index contributed by atoms with van der Waals surface area (Å²) in [6.07, 6.45) is 7.87. The minimum atomic E-state index is -0.0617. The number of rotatable bonds is 4. The standard InChI is InChI=1S/C14H16ClN5O2/c15-12-6-16-4-3-13(12)22-11-2-1-5-19(7-11)14(21)8-20-10-17-9-18-20/h3-4,6,9-11H,1-2,5,7-8H2. The molecule has 1 unspecified atom stereocenters. The van der Waals surface area contributed by atoms with Crippen molar-refractivity contribution in [2.75, 3.05) is 13.1 Å². The molecular formula is C14H16ClN5O2. The highest BCUT2D eigenvalue weighted by Gasteiger charge is 2.25. The molecule has 116 valence electrons. The van der Waals surface area contributed by atoms with Gasteiger partial charge in [0.15, 0.2) is 0 Å². The first-order valence-electron chi connectivity index (χ1n) is 7.09. The van der Waals surface area contributed by atoms with Crippen LogP contribution in [0.5, 0.6) is 5.75 Å². The number of amides is 1. The van der Waals surface area contributed by atoms with Crippen molar-refractivity contribution in [2.45, 2.75) is 25.5 Å². The van der Waals surface area contributed by atoms with Gasteiger partial charge in [0.1, 0.15) is 36.1 Å². The second kappa shape index (κ2) is 6.74. The van der Waals surface area contributed by atoms with E-state index >= 15 is 0 Å². The van der Waals surface area contributed by atoms with Crippen LogP contribution in [0.4, 0.5) is 0 Å². The van der Waals surface area contributed by atoms with Gasteiger partial charge in [0.25, 0.3) is 0 Å². The highest BCUT2D eigenvalue weighted by molar-refractivity contribution is 6.31. The summed E-state index contributed by atoms with van der Waals surface area (Å²) < 4.78 is 7.42. The molecule has 0 bridgehead atoms.